The maximum atomic E-state index is 13.4. The van der Waals surface area contributed by atoms with Gasteiger partial charge >= 0.3 is 5.63 Å². The van der Waals surface area contributed by atoms with E-state index in [1.54, 1.807) is 12.1 Å². The smallest absolute Gasteiger partial charge is 0.344 e. The Morgan fingerprint density at radius 1 is 1.12 bits per heavy atom. The van der Waals surface area contributed by atoms with Crippen LogP contribution in [0.3, 0.4) is 0 Å². The van der Waals surface area contributed by atoms with Crippen molar-refractivity contribution < 1.29 is 8.81 Å². The van der Waals surface area contributed by atoms with Crippen LogP contribution in [0.25, 0.3) is 27.7 Å². The third-order valence-electron chi connectivity index (χ3n) is 4.78. The lowest BCUT2D eigenvalue weighted by atomic mass is 9.92. The summed E-state index contributed by atoms with van der Waals surface area (Å²) in [5.74, 6) is -0.294. The van der Waals surface area contributed by atoms with Crippen molar-refractivity contribution in [2.45, 2.75) is 26.2 Å². The van der Waals surface area contributed by atoms with Crippen LogP contribution in [0, 0.1) is 5.82 Å². The molecule has 2 aromatic carbocycles. The van der Waals surface area contributed by atoms with E-state index >= 15 is 0 Å². The molecule has 0 fully saturated rings. The molecule has 1 aliphatic rings. The number of fused-ring (bicyclic) bond motifs is 1. The number of rotatable bonds is 4. The van der Waals surface area contributed by atoms with Crippen molar-refractivity contribution in [3.8, 4) is 11.1 Å². The molecule has 1 heterocycles. The molecule has 1 N–H and O–H groups in total. The summed E-state index contributed by atoms with van der Waals surface area (Å²) in [5, 5.41) is 4.09. The molecule has 1 aromatic heterocycles. The van der Waals surface area contributed by atoms with Crippen LogP contribution in [0.2, 0.25) is 0 Å². The molecule has 0 unspecified atom stereocenters. The monoisotopic (exact) mass is 349 g/mol. The first kappa shape index (κ1) is 16.6. The zero-order chi connectivity index (χ0) is 18.1. The van der Waals surface area contributed by atoms with Crippen molar-refractivity contribution in [1.29, 1.82) is 0 Å². The average Bonchev–Trinajstić information content (AvgIpc) is 3.16. The van der Waals surface area contributed by atoms with Crippen molar-refractivity contribution in [2.24, 2.45) is 0 Å². The molecule has 4 heteroatoms. The highest BCUT2D eigenvalue weighted by molar-refractivity contribution is 6.00. The highest BCUT2D eigenvalue weighted by Crippen LogP contribution is 2.38. The molecule has 0 radical (unpaired) electrons. The molecule has 0 amide bonds. The zero-order valence-corrected chi connectivity index (χ0v) is 14.6. The highest BCUT2D eigenvalue weighted by atomic mass is 19.1. The van der Waals surface area contributed by atoms with Gasteiger partial charge in [-0.1, -0.05) is 18.2 Å². The maximum Gasteiger partial charge on any atom is 0.344 e. The van der Waals surface area contributed by atoms with Crippen LogP contribution in [0.15, 0.2) is 57.8 Å². The Morgan fingerprint density at radius 3 is 2.62 bits per heavy atom. The minimum Gasteiger partial charge on any atom is -0.422 e. The van der Waals surface area contributed by atoms with Crippen LogP contribution in [0.1, 0.15) is 31.7 Å². The molecule has 0 aliphatic heterocycles. The fraction of sp³-hybridized carbons (Fsp3) is 0.227. The molecule has 0 saturated carbocycles. The Hall–Kier alpha value is -2.88. The number of benzene rings is 2. The highest BCUT2D eigenvalue weighted by Gasteiger charge is 2.21. The second kappa shape index (κ2) is 6.79. The van der Waals surface area contributed by atoms with Crippen LogP contribution in [0.5, 0.6) is 0 Å². The lowest BCUT2D eigenvalue weighted by molar-refractivity contribution is 0.559. The van der Waals surface area contributed by atoms with Crippen molar-refractivity contribution >= 4 is 22.2 Å². The van der Waals surface area contributed by atoms with Crippen molar-refractivity contribution in [2.75, 3.05) is 11.9 Å². The van der Waals surface area contributed by atoms with Crippen LogP contribution in [0.4, 0.5) is 10.1 Å². The van der Waals surface area contributed by atoms with Gasteiger partial charge in [-0.25, -0.2) is 9.18 Å². The maximum absolute atomic E-state index is 13.4. The lowest BCUT2D eigenvalue weighted by Crippen LogP contribution is -2.09. The van der Waals surface area contributed by atoms with Gasteiger partial charge in [-0.15, -0.1) is 0 Å². The molecule has 3 aromatic rings. The third kappa shape index (κ3) is 2.92. The second-order valence-corrected chi connectivity index (χ2v) is 6.51. The largest absolute Gasteiger partial charge is 0.422 e. The predicted molar refractivity (Wildman–Crippen MR) is 104 cm³/mol. The number of hydrogen-bond donors (Lipinski definition) is 1. The standard InChI is InChI=1S/C22H20FNO2/c1-2-24-17-11-12-18-19(13-17)26-22(25)21(14-5-3-4-6-14)20(18)15-7-9-16(23)10-8-15/h5,7-13,24H,2-4,6H2,1H3. The minimum absolute atomic E-state index is 0.294. The normalized spacial score (nSPS) is 13.8. The van der Waals surface area contributed by atoms with Crippen LogP contribution in [-0.4, -0.2) is 6.54 Å². The SMILES string of the molecule is CCNc1ccc2c(-c3ccc(F)cc3)c(C3=CCCC3)c(=O)oc2c1. The van der Waals surface area contributed by atoms with Crippen LogP contribution in [-0.2, 0) is 0 Å². The Bertz CT molecular complexity index is 1050. The Labute approximate surface area is 151 Å². The van der Waals surface area contributed by atoms with Crippen molar-refractivity contribution in [3.63, 3.8) is 0 Å². The van der Waals surface area contributed by atoms with Gasteiger partial charge in [0.2, 0.25) is 0 Å². The molecule has 3 nitrogen and oxygen atoms in total. The minimum atomic E-state index is -0.335. The van der Waals surface area contributed by atoms with E-state index < -0.39 is 0 Å². The van der Waals surface area contributed by atoms with E-state index in [4.69, 9.17) is 4.42 Å². The van der Waals surface area contributed by atoms with Gasteiger partial charge in [-0.2, -0.15) is 0 Å². The lowest BCUT2D eigenvalue weighted by Gasteiger charge is -2.14. The summed E-state index contributed by atoms with van der Waals surface area (Å²) in [5.41, 5.74) is 4.39. The van der Waals surface area contributed by atoms with E-state index in [1.807, 2.05) is 25.1 Å². The van der Waals surface area contributed by atoms with E-state index in [1.165, 1.54) is 12.1 Å². The van der Waals surface area contributed by atoms with Crippen molar-refractivity contribution in [3.05, 3.63) is 70.3 Å². The van der Waals surface area contributed by atoms with Crippen LogP contribution >= 0.6 is 0 Å². The molecule has 1 aliphatic carbocycles. The second-order valence-electron chi connectivity index (χ2n) is 6.51. The van der Waals surface area contributed by atoms with E-state index in [9.17, 15) is 9.18 Å². The summed E-state index contributed by atoms with van der Waals surface area (Å²) in [6, 6.07) is 12.1. The average molecular weight is 349 g/mol. The fourth-order valence-electron chi connectivity index (χ4n) is 3.62. The quantitative estimate of drug-likeness (QED) is 0.624. The van der Waals surface area contributed by atoms with Crippen LogP contribution < -0.4 is 10.9 Å². The summed E-state index contributed by atoms with van der Waals surface area (Å²) in [6.45, 7) is 2.80. The first-order valence-electron chi connectivity index (χ1n) is 8.97. The van der Waals surface area contributed by atoms with Gasteiger partial charge in [0.15, 0.2) is 0 Å². The summed E-state index contributed by atoms with van der Waals surface area (Å²) < 4.78 is 19.1. The summed E-state index contributed by atoms with van der Waals surface area (Å²) in [6.07, 6.45) is 4.97. The molecule has 132 valence electrons. The molecule has 0 spiro atoms. The number of halogens is 1. The summed E-state index contributed by atoms with van der Waals surface area (Å²) in [7, 11) is 0. The molecular weight excluding hydrogens is 329 g/mol. The van der Waals surface area contributed by atoms with Gasteiger partial charge < -0.3 is 9.73 Å². The Morgan fingerprint density at radius 2 is 1.92 bits per heavy atom. The van der Waals surface area contributed by atoms with Gasteiger partial charge in [0.1, 0.15) is 11.4 Å². The first-order chi connectivity index (χ1) is 12.7. The third-order valence-corrected chi connectivity index (χ3v) is 4.78. The van der Waals surface area contributed by atoms with Gasteiger partial charge in [-0.05, 0) is 61.6 Å². The van der Waals surface area contributed by atoms with E-state index in [-0.39, 0.29) is 11.4 Å². The number of anilines is 1. The number of nitrogens with one attached hydrogen (secondary N) is 1. The van der Waals surface area contributed by atoms with Gasteiger partial charge in [0.25, 0.3) is 0 Å². The molecular formula is C22H20FNO2. The molecule has 0 saturated heterocycles. The topological polar surface area (TPSA) is 42.2 Å². The first-order valence-corrected chi connectivity index (χ1v) is 8.97. The Balaban J connectivity index is 2.04. The molecule has 0 bridgehead atoms. The zero-order valence-electron chi connectivity index (χ0n) is 14.6. The van der Waals surface area contributed by atoms with Gasteiger partial charge in [-0.3, -0.25) is 0 Å². The van der Waals surface area contributed by atoms with E-state index in [0.29, 0.717) is 11.1 Å². The number of allylic oxidation sites excluding steroid dienone is 2. The van der Waals surface area contributed by atoms with Crippen molar-refractivity contribution in [1.82, 2.24) is 0 Å². The fourth-order valence-corrected chi connectivity index (χ4v) is 3.62. The Kier molecular flexibility index (Phi) is 4.33. The van der Waals surface area contributed by atoms with E-state index in [2.05, 4.69) is 11.4 Å². The summed E-state index contributed by atoms with van der Waals surface area (Å²) >= 11 is 0. The molecule has 4 rings (SSSR count). The summed E-state index contributed by atoms with van der Waals surface area (Å²) in [4.78, 5) is 12.8. The van der Waals surface area contributed by atoms with Gasteiger partial charge in [0, 0.05) is 29.2 Å². The molecule has 0 atom stereocenters. The number of hydrogen-bond acceptors (Lipinski definition) is 3. The van der Waals surface area contributed by atoms with E-state index in [0.717, 1.165) is 53.6 Å². The molecule has 26 heavy (non-hydrogen) atoms. The predicted octanol–water partition coefficient (Wildman–Crippen LogP) is 5.60. The van der Waals surface area contributed by atoms with Gasteiger partial charge in [0.05, 0.1) is 5.56 Å².